The van der Waals surface area contributed by atoms with Gasteiger partial charge in [0.15, 0.2) is 29.3 Å². The molecule has 0 aliphatic carbocycles. The molecule has 2 heterocycles. The number of nitrogens with one attached hydrogen (secondary N) is 1. The average Bonchev–Trinajstić information content (AvgIpc) is 3.08. The van der Waals surface area contributed by atoms with Gasteiger partial charge < -0.3 is 24.3 Å². The van der Waals surface area contributed by atoms with Crippen molar-refractivity contribution < 1.29 is 28.6 Å². The SMILES string of the molecule is C[C@@H](CNC(=O)c1ncoc1-c1ccc2c(c1)OCCO2)C(=O)O. The first-order valence-corrected chi connectivity index (χ1v) is 7.40. The quantitative estimate of drug-likeness (QED) is 0.854. The van der Waals surface area contributed by atoms with Crippen molar-refractivity contribution in [3.05, 3.63) is 30.3 Å². The van der Waals surface area contributed by atoms with Crippen LogP contribution >= 0.6 is 0 Å². The third-order valence-electron chi connectivity index (χ3n) is 3.58. The molecule has 8 nitrogen and oxygen atoms in total. The van der Waals surface area contributed by atoms with E-state index in [1.165, 1.54) is 13.3 Å². The molecular weight excluding hydrogens is 316 g/mol. The minimum absolute atomic E-state index is 0.00159. The van der Waals surface area contributed by atoms with Crippen molar-refractivity contribution in [1.29, 1.82) is 0 Å². The normalized spacial score (nSPS) is 14.0. The molecule has 0 fully saturated rings. The van der Waals surface area contributed by atoms with Crippen molar-refractivity contribution in [2.24, 2.45) is 5.92 Å². The predicted octanol–water partition coefficient (Wildman–Crippen LogP) is 1.56. The number of rotatable bonds is 5. The number of aromatic nitrogens is 1. The van der Waals surface area contributed by atoms with Crippen molar-refractivity contribution in [2.45, 2.75) is 6.92 Å². The zero-order valence-electron chi connectivity index (χ0n) is 12.9. The summed E-state index contributed by atoms with van der Waals surface area (Å²) in [4.78, 5) is 27.0. The van der Waals surface area contributed by atoms with Gasteiger partial charge in [0.05, 0.1) is 5.92 Å². The number of amides is 1. The van der Waals surface area contributed by atoms with Crippen LogP contribution in [0.25, 0.3) is 11.3 Å². The molecule has 2 aromatic rings. The van der Waals surface area contributed by atoms with Crippen LogP contribution in [0.1, 0.15) is 17.4 Å². The molecule has 0 saturated heterocycles. The molecule has 2 N–H and O–H groups in total. The van der Waals surface area contributed by atoms with Crippen LogP contribution in [0, 0.1) is 5.92 Å². The molecule has 0 spiro atoms. The van der Waals surface area contributed by atoms with Crippen LogP contribution < -0.4 is 14.8 Å². The first-order chi connectivity index (χ1) is 11.6. The summed E-state index contributed by atoms with van der Waals surface area (Å²) in [5.74, 6) is -0.692. The van der Waals surface area contributed by atoms with Crippen LogP contribution in [0.2, 0.25) is 0 Å². The van der Waals surface area contributed by atoms with E-state index in [-0.39, 0.29) is 18.0 Å². The van der Waals surface area contributed by atoms with E-state index < -0.39 is 17.8 Å². The van der Waals surface area contributed by atoms with Gasteiger partial charge in [0.1, 0.15) is 13.2 Å². The molecule has 1 aliphatic rings. The molecular formula is C16H16N2O6. The Hall–Kier alpha value is -3.03. The number of carbonyl (C=O) groups excluding carboxylic acids is 1. The van der Waals surface area contributed by atoms with Crippen LogP contribution in [0.3, 0.4) is 0 Å². The number of carboxylic acids is 1. The molecule has 0 radical (unpaired) electrons. The fourth-order valence-electron chi connectivity index (χ4n) is 2.21. The highest BCUT2D eigenvalue weighted by Gasteiger charge is 2.22. The summed E-state index contributed by atoms with van der Waals surface area (Å²) < 4.78 is 16.3. The third kappa shape index (κ3) is 3.17. The van der Waals surface area contributed by atoms with Gasteiger partial charge in [-0.05, 0) is 18.2 Å². The number of carbonyl (C=O) groups is 2. The number of benzene rings is 1. The summed E-state index contributed by atoms with van der Waals surface area (Å²) in [6.07, 6.45) is 1.17. The number of hydrogen-bond donors (Lipinski definition) is 2. The number of ether oxygens (including phenoxy) is 2. The van der Waals surface area contributed by atoms with Gasteiger partial charge in [0.25, 0.3) is 5.91 Å². The van der Waals surface area contributed by atoms with E-state index in [1.54, 1.807) is 18.2 Å². The molecule has 1 amide bonds. The van der Waals surface area contributed by atoms with E-state index in [0.29, 0.717) is 30.3 Å². The summed E-state index contributed by atoms with van der Waals surface area (Å²) in [5, 5.41) is 11.4. The second-order valence-corrected chi connectivity index (χ2v) is 5.34. The fourth-order valence-corrected chi connectivity index (χ4v) is 2.21. The van der Waals surface area contributed by atoms with Crippen molar-refractivity contribution >= 4 is 11.9 Å². The average molecular weight is 332 g/mol. The van der Waals surface area contributed by atoms with Crippen LogP contribution in [0.5, 0.6) is 11.5 Å². The number of fused-ring (bicyclic) bond motifs is 1. The minimum atomic E-state index is -0.984. The summed E-state index contributed by atoms with van der Waals surface area (Å²) in [6, 6.07) is 5.19. The lowest BCUT2D eigenvalue weighted by Gasteiger charge is -2.18. The zero-order valence-corrected chi connectivity index (χ0v) is 12.9. The molecule has 1 atom stereocenters. The number of aliphatic carboxylic acids is 1. The van der Waals surface area contributed by atoms with E-state index in [4.69, 9.17) is 19.0 Å². The molecule has 0 unspecified atom stereocenters. The first-order valence-electron chi connectivity index (χ1n) is 7.40. The smallest absolute Gasteiger partial charge is 0.308 e. The Morgan fingerprint density at radius 2 is 2.04 bits per heavy atom. The third-order valence-corrected chi connectivity index (χ3v) is 3.58. The summed E-state index contributed by atoms with van der Waals surface area (Å²) >= 11 is 0. The Morgan fingerprint density at radius 1 is 1.29 bits per heavy atom. The Kier molecular flexibility index (Phi) is 4.37. The maximum absolute atomic E-state index is 12.2. The van der Waals surface area contributed by atoms with Crippen LogP contribution in [0.15, 0.2) is 29.0 Å². The lowest BCUT2D eigenvalue weighted by atomic mass is 10.1. The Morgan fingerprint density at radius 3 is 2.79 bits per heavy atom. The molecule has 126 valence electrons. The highest BCUT2D eigenvalue weighted by molar-refractivity contribution is 5.97. The number of hydrogen-bond acceptors (Lipinski definition) is 6. The number of carboxylic acid groups (broad SMARTS) is 1. The first kappa shape index (κ1) is 15.9. The largest absolute Gasteiger partial charge is 0.486 e. The lowest BCUT2D eigenvalue weighted by Crippen LogP contribution is -2.31. The summed E-state index contributed by atoms with van der Waals surface area (Å²) in [7, 11) is 0. The maximum atomic E-state index is 12.2. The van der Waals surface area contributed by atoms with Gasteiger partial charge in [-0.3, -0.25) is 9.59 Å². The Balaban J connectivity index is 1.80. The molecule has 8 heteroatoms. The highest BCUT2D eigenvalue weighted by atomic mass is 16.6. The van der Waals surface area contributed by atoms with Gasteiger partial charge in [-0.25, -0.2) is 4.98 Å². The second kappa shape index (κ2) is 6.61. The Labute approximate surface area is 137 Å². The highest BCUT2D eigenvalue weighted by Crippen LogP contribution is 2.35. The van der Waals surface area contributed by atoms with Crippen molar-refractivity contribution in [2.75, 3.05) is 19.8 Å². The molecule has 24 heavy (non-hydrogen) atoms. The molecule has 3 rings (SSSR count). The maximum Gasteiger partial charge on any atom is 0.308 e. The van der Waals surface area contributed by atoms with E-state index in [1.807, 2.05) is 0 Å². The molecule has 0 saturated carbocycles. The van der Waals surface area contributed by atoms with Crippen LogP contribution in [-0.4, -0.2) is 41.7 Å². The van der Waals surface area contributed by atoms with Gasteiger partial charge in [-0.2, -0.15) is 0 Å². The molecule has 0 bridgehead atoms. The van der Waals surface area contributed by atoms with Crippen molar-refractivity contribution in [3.8, 4) is 22.8 Å². The number of oxazole rings is 1. The van der Waals surface area contributed by atoms with Crippen molar-refractivity contribution in [1.82, 2.24) is 10.3 Å². The van der Waals surface area contributed by atoms with Gasteiger partial charge in [0, 0.05) is 12.1 Å². The van der Waals surface area contributed by atoms with Crippen LogP contribution in [-0.2, 0) is 4.79 Å². The van der Waals surface area contributed by atoms with Crippen molar-refractivity contribution in [3.63, 3.8) is 0 Å². The van der Waals surface area contributed by atoms with Crippen LogP contribution in [0.4, 0.5) is 0 Å². The van der Waals surface area contributed by atoms with E-state index in [9.17, 15) is 9.59 Å². The topological polar surface area (TPSA) is 111 Å². The zero-order chi connectivity index (χ0) is 17.1. The second-order valence-electron chi connectivity index (χ2n) is 5.34. The van der Waals surface area contributed by atoms with Gasteiger partial charge >= 0.3 is 5.97 Å². The lowest BCUT2D eigenvalue weighted by molar-refractivity contribution is -0.140. The molecule has 1 aliphatic heterocycles. The van der Waals surface area contributed by atoms with Gasteiger partial charge in [-0.1, -0.05) is 6.92 Å². The summed E-state index contributed by atoms with van der Waals surface area (Å²) in [5.41, 5.74) is 0.706. The minimum Gasteiger partial charge on any atom is -0.486 e. The van der Waals surface area contributed by atoms with E-state index in [2.05, 4.69) is 10.3 Å². The van der Waals surface area contributed by atoms with E-state index in [0.717, 1.165) is 0 Å². The predicted molar refractivity (Wildman–Crippen MR) is 82.1 cm³/mol. The summed E-state index contributed by atoms with van der Waals surface area (Å²) in [6.45, 7) is 2.45. The van der Waals surface area contributed by atoms with Gasteiger partial charge in [0.2, 0.25) is 0 Å². The standard InChI is InChI=1S/C16H16N2O6/c1-9(16(20)21)7-17-15(19)13-14(24-8-18-13)10-2-3-11-12(6-10)23-5-4-22-11/h2-3,6,8-9H,4-5,7H2,1H3,(H,17,19)(H,20,21)/t9-/m0/s1. The fraction of sp³-hybridized carbons (Fsp3) is 0.312. The number of nitrogens with zero attached hydrogens (tertiary/aromatic N) is 1. The monoisotopic (exact) mass is 332 g/mol. The molecule has 1 aromatic carbocycles. The van der Waals surface area contributed by atoms with Gasteiger partial charge in [-0.15, -0.1) is 0 Å². The van der Waals surface area contributed by atoms with E-state index >= 15 is 0 Å². The molecule has 1 aromatic heterocycles. The Bertz CT molecular complexity index is 770.